The van der Waals surface area contributed by atoms with Crippen LogP contribution in [0.1, 0.15) is 11.5 Å². The van der Waals surface area contributed by atoms with Crippen molar-refractivity contribution in [1.29, 1.82) is 0 Å². The molecule has 0 aliphatic heterocycles. The molecule has 0 aromatic carbocycles. The Morgan fingerprint density at radius 2 is 2.26 bits per heavy atom. The summed E-state index contributed by atoms with van der Waals surface area (Å²) in [5, 5.41) is 12.9. The standard InChI is InChI=1S/C12H12N4O2S/c1-8-6-9(18-15-8)7-19-12-14-13-11(16(12)2)10-4-3-5-17-10/h3-6H,7H2,1-2H3. The van der Waals surface area contributed by atoms with E-state index in [9.17, 15) is 0 Å². The van der Waals surface area contributed by atoms with E-state index in [1.807, 2.05) is 36.7 Å². The Bertz CT molecular complexity index is 672. The summed E-state index contributed by atoms with van der Waals surface area (Å²) in [7, 11) is 1.91. The first-order valence-corrected chi connectivity index (χ1v) is 6.71. The summed E-state index contributed by atoms with van der Waals surface area (Å²) in [4.78, 5) is 0. The topological polar surface area (TPSA) is 69.9 Å². The lowest BCUT2D eigenvalue weighted by Gasteiger charge is -2.00. The lowest BCUT2D eigenvalue weighted by molar-refractivity contribution is 0.391. The molecule has 3 heterocycles. The van der Waals surface area contributed by atoms with E-state index in [2.05, 4.69) is 15.4 Å². The van der Waals surface area contributed by atoms with Crippen LogP contribution in [-0.4, -0.2) is 19.9 Å². The average Bonchev–Trinajstić information content (AvgIpc) is 3.09. The number of furan rings is 1. The molecule has 0 saturated heterocycles. The SMILES string of the molecule is Cc1cc(CSc2nnc(-c3ccco3)n2C)on1. The molecule has 0 aliphatic carbocycles. The zero-order valence-electron chi connectivity index (χ0n) is 10.5. The second-order valence-corrected chi connectivity index (χ2v) is 5.01. The molecule has 0 bridgehead atoms. The minimum atomic E-state index is 0.672. The molecule has 0 radical (unpaired) electrons. The van der Waals surface area contributed by atoms with Gasteiger partial charge in [-0.3, -0.25) is 0 Å². The maximum Gasteiger partial charge on any atom is 0.200 e. The molecule has 6 nitrogen and oxygen atoms in total. The maximum absolute atomic E-state index is 5.32. The third-order valence-electron chi connectivity index (χ3n) is 2.60. The average molecular weight is 276 g/mol. The van der Waals surface area contributed by atoms with Crippen LogP contribution in [0.3, 0.4) is 0 Å². The van der Waals surface area contributed by atoms with Gasteiger partial charge in [-0.1, -0.05) is 16.9 Å². The summed E-state index contributed by atoms with van der Waals surface area (Å²) in [6.45, 7) is 1.90. The quantitative estimate of drug-likeness (QED) is 0.682. The highest BCUT2D eigenvalue weighted by molar-refractivity contribution is 7.98. The summed E-state index contributed by atoms with van der Waals surface area (Å²) in [5.41, 5.74) is 0.879. The van der Waals surface area contributed by atoms with Crippen molar-refractivity contribution in [3.05, 3.63) is 35.9 Å². The van der Waals surface area contributed by atoms with Crippen molar-refractivity contribution in [3.8, 4) is 11.6 Å². The molecule has 19 heavy (non-hydrogen) atoms. The van der Waals surface area contributed by atoms with E-state index >= 15 is 0 Å². The van der Waals surface area contributed by atoms with Crippen molar-refractivity contribution in [1.82, 2.24) is 19.9 Å². The number of nitrogens with zero attached hydrogens (tertiary/aromatic N) is 4. The fourth-order valence-electron chi connectivity index (χ4n) is 1.68. The van der Waals surface area contributed by atoms with Gasteiger partial charge in [0.1, 0.15) is 5.76 Å². The molecule has 7 heteroatoms. The van der Waals surface area contributed by atoms with Crippen molar-refractivity contribution in [3.63, 3.8) is 0 Å². The predicted octanol–water partition coefficient (Wildman–Crippen LogP) is 2.66. The molecular weight excluding hydrogens is 264 g/mol. The fourth-order valence-corrected chi connectivity index (χ4v) is 2.47. The number of aryl methyl sites for hydroxylation is 1. The van der Waals surface area contributed by atoms with Crippen LogP contribution in [0, 0.1) is 6.92 Å². The first-order valence-electron chi connectivity index (χ1n) is 5.72. The van der Waals surface area contributed by atoms with Crippen LogP contribution in [-0.2, 0) is 12.8 Å². The van der Waals surface area contributed by atoms with Gasteiger partial charge in [-0.15, -0.1) is 10.2 Å². The van der Waals surface area contributed by atoms with Crippen molar-refractivity contribution in [2.24, 2.45) is 7.05 Å². The van der Waals surface area contributed by atoms with Crippen LogP contribution in [0.2, 0.25) is 0 Å². The van der Waals surface area contributed by atoms with Crippen molar-refractivity contribution >= 4 is 11.8 Å². The van der Waals surface area contributed by atoms with Gasteiger partial charge in [0, 0.05) is 13.1 Å². The van der Waals surface area contributed by atoms with E-state index in [1.54, 1.807) is 18.0 Å². The van der Waals surface area contributed by atoms with Crippen LogP contribution >= 0.6 is 11.8 Å². The minimum absolute atomic E-state index is 0.672. The molecule has 3 aromatic heterocycles. The molecule has 0 atom stereocenters. The van der Waals surface area contributed by atoms with E-state index in [4.69, 9.17) is 8.94 Å². The summed E-state index contributed by atoms with van der Waals surface area (Å²) >= 11 is 1.55. The molecule has 0 amide bonds. The molecule has 3 rings (SSSR count). The summed E-state index contributed by atoms with van der Waals surface area (Å²) in [6.07, 6.45) is 1.62. The van der Waals surface area contributed by atoms with E-state index in [-0.39, 0.29) is 0 Å². The van der Waals surface area contributed by atoms with Crippen molar-refractivity contribution in [2.75, 3.05) is 0 Å². The zero-order valence-corrected chi connectivity index (χ0v) is 11.3. The van der Waals surface area contributed by atoms with Gasteiger partial charge in [-0.2, -0.15) is 0 Å². The number of rotatable bonds is 4. The van der Waals surface area contributed by atoms with Crippen LogP contribution in [0.4, 0.5) is 0 Å². The van der Waals surface area contributed by atoms with Gasteiger partial charge in [0.15, 0.2) is 16.7 Å². The summed E-state index contributed by atoms with van der Waals surface area (Å²) in [6, 6.07) is 5.60. The highest BCUT2D eigenvalue weighted by Crippen LogP contribution is 2.25. The summed E-state index contributed by atoms with van der Waals surface area (Å²) in [5.74, 6) is 2.91. The second-order valence-electron chi connectivity index (χ2n) is 4.07. The molecule has 3 aromatic rings. The van der Waals surface area contributed by atoms with Gasteiger partial charge < -0.3 is 13.5 Å². The van der Waals surface area contributed by atoms with Crippen molar-refractivity contribution in [2.45, 2.75) is 17.8 Å². The Kier molecular flexibility index (Phi) is 3.12. The van der Waals surface area contributed by atoms with E-state index < -0.39 is 0 Å². The molecule has 0 aliphatic rings. The van der Waals surface area contributed by atoms with Gasteiger partial charge in [0.25, 0.3) is 0 Å². The Balaban J connectivity index is 1.75. The molecule has 98 valence electrons. The monoisotopic (exact) mass is 276 g/mol. The van der Waals surface area contributed by atoms with Gasteiger partial charge in [0.05, 0.1) is 17.7 Å². The smallest absolute Gasteiger partial charge is 0.200 e. The number of aromatic nitrogens is 4. The fraction of sp³-hybridized carbons (Fsp3) is 0.250. The molecule has 0 N–H and O–H groups in total. The summed E-state index contributed by atoms with van der Waals surface area (Å²) < 4.78 is 12.4. The third kappa shape index (κ3) is 2.41. The maximum atomic E-state index is 5.32. The Morgan fingerprint density at radius 1 is 1.37 bits per heavy atom. The Hall–Kier alpha value is -2.02. The van der Waals surface area contributed by atoms with Crippen LogP contribution < -0.4 is 0 Å². The van der Waals surface area contributed by atoms with Crippen LogP contribution in [0.5, 0.6) is 0 Å². The normalized spacial score (nSPS) is 11.1. The van der Waals surface area contributed by atoms with Gasteiger partial charge in [0.2, 0.25) is 0 Å². The van der Waals surface area contributed by atoms with E-state index in [0.29, 0.717) is 17.3 Å². The molecule has 0 unspecified atom stereocenters. The van der Waals surface area contributed by atoms with Gasteiger partial charge in [-0.25, -0.2) is 0 Å². The van der Waals surface area contributed by atoms with Gasteiger partial charge >= 0.3 is 0 Å². The van der Waals surface area contributed by atoms with E-state index in [1.165, 1.54) is 0 Å². The third-order valence-corrected chi connectivity index (χ3v) is 3.64. The largest absolute Gasteiger partial charge is 0.461 e. The Morgan fingerprint density at radius 3 is 2.95 bits per heavy atom. The second kappa shape index (κ2) is 4.93. The number of hydrogen-bond donors (Lipinski definition) is 0. The first kappa shape index (κ1) is 12.0. The molecular formula is C12H12N4O2S. The molecule has 0 fully saturated rings. The molecule has 0 saturated carbocycles. The predicted molar refractivity (Wildman–Crippen MR) is 69.5 cm³/mol. The number of hydrogen-bond acceptors (Lipinski definition) is 6. The highest BCUT2D eigenvalue weighted by atomic mass is 32.2. The molecule has 0 spiro atoms. The highest BCUT2D eigenvalue weighted by Gasteiger charge is 2.13. The zero-order chi connectivity index (χ0) is 13.2. The van der Waals surface area contributed by atoms with Crippen LogP contribution in [0.25, 0.3) is 11.6 Å². The first-order chi connectivity index (χ1) is 9.24. The van der Waals surface area contributed by atoms with Crippen molar-refractivity contribution < 1.29 is 8.94 Å². The van der Waals surface area contributed by atoms with E-state index in [0.717, 1.165) is 16.6 Å². The lowest BCUT2D eigenvalue weighted by atomic mass is 10.4. The minimum Gasteiger partial charge on any atom is -0.461 e. The van der Waals surface area contributed by atoms with Crippen LogP contribution in [0.15, 0.2) is 38.6 Å². The Labute approximate surface area is 113 Å². The lowest BCUT2D eigenvalue weighted by Crippen LogP contribution is -1.94. The van der Waals surface area contributed by atoms with Gasteiger partial charge in [-0.05, 0) is 19.1 Å². The number of thioether (sulfide) groups is 1.